The number of nitrogens with one attached hydrogen (secondary N) is 1. The van der Waals surface area contributed by atoms with Crippen molar-refractivity contribution in [3.05, 3.63) is 41.9 Å². The van der Waals surface area contributed by atoms with Gasteiger partial charge in [0.1, 0.15) is 11.9 Å². The maximum Gasteiger partial charge on any atom is 0.243 e. The Hall–Kier alpha value is -2.70. The predicted octanol–water partition coefficient (Wildman–Crippen LogP) is 1.42. The molecular weight excluding hydrogens is 306 g/mol. The summed E-state index contributed by atoms with van der Waals surface area (Å²) in [6, 6.07) is 5.05. The first kappa shape index (κ1) is 16.2. The van der Waals surface area contributed by atoms with Gasteiger partial charge in [-0.05, 0) is 25.0 Å². The second-order valence-electron chi connectivity index (χ2n) is 5.88. The Morgan fingerprint density at radius 3 is 3.00 bits per heavy atom. The predicted molar refractivity (Wildman–Crippen MR) is 89.2 cm³/mol. The Bertz CT molecular complexity index is 741. The summed E-state index contributed by atoms with van der Waals surface area (Å²) in [5.41, 5.74) is 1.77. The largest absolute Gasteiger partial charge is 0.350 e. The molecule has 0 fully saturated rings. The molecule has 1 atom stereocenters. The molecule has 2 amide bonds. The van der Waals surface area contributed by atoms with Crippen molar-refractivity contribution in [3.63, 3.8) is 0 Å². The van der Waals surface area contributed by atoms with Crippen LogP contribution in [0.3, 0.4) is 0 Å². The van der Waals surface area contributed by atoms with Gasteiger partial charge in [-0.2, -0.15) is 5.10 Å². The van der Waals surface area contributed by atoms with Crippen LogP contribution in [0.15, 0.2) is 30.6 Å². The Balaban J connectivity index is 1.77. The highest BCUT2D eigenvalue weighted by molar-refractivity contribution is 6.00. The molecule has 0 saturated carbocycles. The smallest absolute Gasteiger partial charge is 0.243 e. The standard InChI is InChI=1S/C17H21N5O2/c1-3-14(17(24)19-11-13-5-4-7-18-10-13)22-15-9-12(2)20-21(15)8-6-16(22)23/h4-5,7,9-10,14H,3,6,8,11H2,1-2H3,(H,19,24)/t14-/m1/s1. The quantitative estimate of drug-likeness (QED) is 0.900. The van der Waals surface area contributed by atoms with E-state index >= 15 is 0 Å². The topological polar surface area (TPSA) is 80.1 Å². The SMILES string of the molecule is CC[C@H](C(=O)NCc1cccnc1)N1C(=O)CCn2nc(C)cc21. The molecule has 0 unspecified atom stereocenters. The van der Waals surface area contributed by atoms with E-state index in [2.05, 4.69) is 15.4 Å². The van der Waals surface area contributed by atoms with Gasteiger partial charge in [-0.25, -0.2) is 4.68 Å². The summed E-state index contributed by atoms with van der Waals surface area (Å²) in [7, 11) is 0. The first-order valence-electron chi connectivity index (χ1n) is 8.13. The molecule has 3 rings (SSSR count). The van der Waals surface area contributed by atoms with Crippen molar-refractivity contribution in [3.8, 4) is 0 Å². The number of anilines is 1. The van der Waals surface area contributed by atoms with Gasteiger partial charge in [0.2, 0.25) is 11.8 Å². The van der Waals surface area contributed by atoms with E-state index in [-0.39, 0.29) is 11.8 Å². The zero-order valence-corrected chi connectivity index (χ0v) is 13.9. The van der Waals surface area contributed by atoms with E-state index in [0.717, 1.165) is 11.3 Å². The second kappa shape index (κ2) is 6.82. The molecule has 0 spiro atoms. The summed E-state index contributed by atoms with van der Waals surface area (Å²) >= 11 is 0. The van der Waals surface area contributed by atoms with E-state index < -0.39 is 6.04 Å². The molecule has 3 heterocycles. The van der Waals surface area contributed by atoms with E-state index in [1.54, 1.807) is 22.0 Å². The van der Waals surface area contributed by atoms with Crippen LogP contribution in [0.5, 0.6) is 0 Å². The van der Waals surface area contributed by atoms with Crippen LogP contribution in [-0.2, 0) is 22.7 Å². The summed E-state index contributed by atoms with van der Waals surface area (Å²) < 4.78 is 1.80. The molecule has 0 aliphatic carbocycles. The first-order valence-corrected chi connectivity index (χ1v) is 8.13. The van der Waals surface area contributed by atoms with E-state index in [0.29, 0.717) is 31.7 Å². The van der Waals surface area contributed by atoms with Crippen LogP contribution < -0.4 is 10.2 Å². The number of hydrogen-bond donors (Lipinski definition) is 1. The fourth-order valence-electron chi connectivity index (χ4n) is 2.97. The number of hydrogen-bond acceptors (Lipinski definition) is 4. The van der Waals surface area contributed by atoms with Crippen LogP contribution in [0.2, 0.25) is 0 Å². The van der Waals surface area contributed by atoms with Crippen LogP contribution in [0, 0.1) is 6.92 Å². The van der Waals surface area contributed by atoms with Crippen molar-refractivity contribution in [2.24, 2.45) is 0 Å². The van der Waals surface area contributed by atoms with Gasteiger partial charge in [0.25, 0.3) is 0 Å². The van der Waals surface area contributed by atoms with Crippen molar-refractivity contribution in [2.45, 2.75) is 45.8 Å². The fourth-order valence-corrected chi connectivity index (χ4v) is 2.97. The van der Waals surface area contributed by atoms with E-state index in [4.69, 9.17) is 0 Å². The summed E-state index contributed by atoms with van der Waals surface area (Å²) in [5.74, 6) is 0.500. The third-order valence-electron chi connectivity index (χ3n) is 4.12. The van der Waals surface area contributed by atoms with Crippen LogP contribution in [0.25, 0.3) is 0 Å². The molecule has 0 saturated heterocycles. The van der Waals surface area contributed by atoms with E-state index in [9.17, 15) is 9.59 Å². The van der Waals surface area contributed by atoms with Crippen molar-refractivity contribution >= 4 is 17.6 Å². The van der Waals surface area contributed by atoms with Gasteiger partial charge in [0.15, 0.2) is 0 Å². The average molecular weight is 327 g/mol. The van der Waals surface area contributed by atoms with E-state index in [1.807, 2.05) is 32.0 Å². The molecule has 0 bridgehead atoms. The molecule has 1 N–H and O–H groups in total. The first-order chi connectivity index (χ1) is 11.6. The van der Waals surface area contributed by atoms with Gasteiger partial charge in [0.05, 0.1) is 12.2 Å². The minimum Gasteiger partial charge on any atom is -0.350 e. The Labute approximate surface area is 140 Å². The highest BCUT2D eigenvalue weighted by atomic mass is 16.2. The van der Waals surface area contributed by atoms with Crippen molar-refractivity contribution < 1.29 is 9.59 Å². The number of aromatic nitrogens is 3. The number of pyridine rings is 1. The number of nitrogens with zero attached hydrogens (tertiary/aromatic N) is 4. The zero-order valence-electron chi connectivity index (χ0n) is 13.9. The molecule has 7 heteroatoms. The average Bonchev–Trinajstić information content (AvgIpc) is 2.97. The molecule has 1 aliphatic heterocycles. The van der Waals surface area contributed by atoms with Gasteiger partial charge < -0.3 is 5.32 Å². The summed E-state index contributed by atoms with van der Waals surface area (Å²) in [6.45, 7) is 4.75. The number of aryl methyl sites for hydroxylation is 2. The molecule has 7 nitrogen and oxygen atoms in total. The number of carbonyl (C=O) groups excluding carboxylic acids is 2. The Kier molecular flexibility index (Phi) is 4.59. The van der Waals surface area contributed by atoms with Crippen LogP contribution in [0.4, 0.5) is 5.82 Å². The molecule has 2 aromatic rings. The van der Waals surface area contributed by atoms with Gasteiger partial charge in [0, 0.05) is 31.4 Å². The lowest BCUT2D eigenvalue weighted by Gasteiger charge is -2.33. The lowest BCUT2D eigenvalue weighted by molar-refractivity contribution is -0.127. The Morgan fingerprint density at radius 2 is 2.29 bits per heavy atom. The zero-order chi connectivity index (χ0) is 17.1. The molecule has 2 aromatic heterocycles. The third kappa shape index (κ3) is 3.15. The number of amides is 2. The van der Waals surface area contributed by atoms with Gasteiger partial charge >= 0.3 is 0 Å². The van der Waals surface area contributed by atoms with Crippen molar-refractivity contribution in [2.75, 3.05) is 4.90 Å². The summed E-state index contributed by atoms with van der Waals surface area (Å²) in [4.78, 5) is 30.7. The molecule has 126 valence electrons. The second-order valence-corrected chi connectivity index (χ2v) is 5.88. The summed E-state index contributed by atoms with van der Waals surface area (Å²) in [6.07, 6.45) is 4.30. The Morgan fingerprint density at radius 1 is 1.46 bits per heavy atom. The van der Waals surface area contributed by atoms with Crippen LogP contribution in [-0.4, -0.2) is 32.6 Å². The number of carbonyl (C=O) groups is 2. The highest BCUT2D eigenvalue weighted by Gasteiger charge is 2.34. The normalized spacial score (nSPS) is 15.1. The fraction of sp³-hybridized carbons (Fsp3) is 0.412. The van der Waals surface area contributed by atoms with Crippen LogP contribution in [0.1, 0.15) is 31.0 Å². The monoisotopic (exact) mass is 327 g/mol. The maximum absolute atomic E-state index is 12.7. The molecule has 0 aromatic carbocycles. The lowest BCUT2D eigenvalue weighted by Crippen LogP contribution is -2.52. The van der Waals surface area contributed by atoms with Crippen molar-refractivity contribution in [1.29, 1.82) is 0 Å². The summed E-state index contributed by atoms with van der Waals surface area (Å²) in [5, 5.41) is 7.29. The molecular formula is C17H21N5O2. The minimum atomic E-state index is -0.538. The van der Waals surface area contributed by atoms with Gasteiger partial charge in [-0.15, -0.1) is 0 Å². The lowest BCUT2D eigenvalue weighted by atomic mass is 10.1. The molecule has 0 radical (unpaired) electrons. The van der Waals surface area contributed by atoms with Crippen molar-refractivity contribution in [1.82, 2.24) is 20.1 Å². The number of fused-ring (bicyclic) bond motifs is 1. The van der Waals surface area contributed by atoms with Crippen LogP contribution >= 0.6 is 0 Å². The highest BCUT2D eigenvalue weighted by Crippen LogP contribution is 2.26. The third-order valence-corrected chi connectivity index (χ3v) is 4.12. The minimum absolute atomic E-state index is 0.0363. The number of rotatable bonds is 5. The van der Waals surface area contributed by atoms with Gasteiger partial charge in [-0.1, -0.05) is 13.0 Å². The van der Waals surface area contributed by atoms with Gasteiger partial charge in [-0.3, -0.25) is 19.5 Å². The maximum atomic E-state index is 12.7. The molecule has 1 aliphatic rings. The van der Waals surface area contributed by atoms with E-state index in [1.165, 1.54) is 0 Å². The molecule has 24 heavy (non-hydrogen) atoms.